The van der Waals surface area contributed by atoms with Crippen molar-refractivity contribution in [2.45, 2.75) is 24.6 Å². The second kappa shape index (κ2) is 9.50. The molecule has 0 aliphatic heterocycles. The number of halogens is 2. The highest BCUT2D eigenvalue weighted by Crippen LogP contribution is 2.21. The van der Waals surface area contributed by atoms with E-state index in [1.807, 2.05) is 24.3 Å². The van der Waals surface area contributed by atoms with Crippen molar-refractivity contribution in [3.8, 4) is 0 Å². The van der Waals surface area contributed by atoms with Gasteiger partial charge < -0.3 is 10.8 Å². The largest absolute Gasteiger partial charge is 0.480 e. The first-order chi connectivity index (χ1) is 8.11. The molecule has 0 saturated heterocycles. The molecule has 0 spiro atoms. The van der Waals surface area contributed by atoms with Crippen molar-refractivity contribution in [2.24, 2.45) is 5.73 Å². The van der Waals surface area contributed by atoms with E-state index in [0.717, 1.165) is 28.5 Å². The van der Waals surface area contributed by atoms with Gasteiger partial charge in [0.05, 0.1) is 0 Å². The van der Waals surface area contributed by atoms with E-state index in [0.29, 0.717) is 6.42 Å². The van der Waals surface area contributed by atoms with Crippen molar-refractivity contribution in [2.75, 3.05) is 5.75 Å². The van der Waals surface area contributed by atoms with Gasteiger partial charge in [-0.05, 0) is 30.2 Å². The molecule has 0 aliphatic rings. The number of hydrogen-bond acceptors (Lipinski definition) is 3. The molecule has 0 radical (unpaired) electrons. The predicted octanol–water partition coefficient (Wildman–Crippen LogP) is 3.19. The first-order valence-electron chi connectivity index (χ1n) is 5.41. The molecule has 0 heterocycles. The van der Waals surface area contributed by atoms with Crippen LogP contribution < -0.4 is 5.73 Å². The van der Waals surface area contributed by atoms with Crippen LogP contribution in [-0.2, 0) is 10.5 Å². The minimum Gasteiger partial charge on any atom is -0.480 e. The molecular weight excluding hydrogens is 293 g/mol. The van der Waals surface area contributed by atoms with Crippen molar-refractivity contribution >= 4 is 41.7 Å². The fraction of sp³-hybridized carbons (Fsp3) is 0.417. The summed E-state index contributed by atoms with van der Waals surface area (Å²) in [5.74, 6) is 0.815. The van der Waals surface area contributed by atoms with Gasteiger partial charge in [-0.15, -0.1) is 12.4 Å². The summed E-state index contributed by atoms with van der Waals surface area (Å²) >= 11 is 7.76. The van der Waals surface area contributed by atoms with Crippen molar-refractivity contribution in [3.05, 3.63) is 34.9 Å². The van der Waals surface area contributed by atoms with Crippen LogP contribution in [-0.4, -0.2) is 22.9 Å². The van der Waals surface area contributed by atoms with E-state index in [1.54, 1.807) is 11.8 Å². The average Bonchev–Trinajstić information content (AvgIpc) is 2.30. The normalized spacial score (nSPS) is 11.7. The number of carboxylic acid groups (broad SMARTS) is 1. The number of hydrogen-bond donors (Lipinski definition) is 2. The SMILES string of the molecule is Cl.NC(CCCSCc1ccccc1Cl)C(=O)O. The van der Waals surface area contributed by atoms with Crippen molar-refractivity contribution < 1.29 is 9.90 Å². The molecule has 6 heteroatoms. The first kappa shape index (κ1) is 17.6. The third kappa shape index (κ3) is 6.50. The summed E-state index contributed by atoms with van der Waals surface area (Å²) in [6, 6.07) is 7.00. The zero-order valence-electron chi connectivity index (χ0n) is 9.84. The molecule has 102 valence electrons. The smallest absolute Gasteiger partial charge is 0.320 e. The van der Waals surface area contributed by atoms with E-state index >= 15 is 0 Å². The zero-order valence-corrected chi connectivity index (χ0v) is 12.2. The Balaban J connectivity index is 0.00000289. The van der Waals surface area contributed by atoms with Crippen LogP contribution in [0.3, 0.4) is 0 Å². The summed E-state index contributed by atoms with van der Waals surface area (Å²) in [5, 5.41) is 9.38. The van der Waals surface area contributed by atoms with Gasteiger partial charge in [-0.25, -0.2) is 0 Å². The number of carboxylic acids is 1. The quantitative estimate of drug-likeness (QED) is 0.759. The van der Waals surface area contributed by atoms with Gasteiger partial charge in [-0.1, -0.05) is 29.8 Å². The minimum atomic E-state index is -0.930. The van der Waals surface area contributed by atoms with E-state index in [4.69, 9.17) is 22.4 Å². The highest BCUT2D eigenvalue weighted by molar-refractivity contribution is 7.98. The van der Waals surface area contributed by atoms with Crippen LogP contribution in [0.15, 0.2) is 24.3 Å². The predicted molar refractivity (Wildman–Crippen MR) is 79.7 cm³/mol. The zero-order chi connectivity index (χ0) is 12.7. The molecule has 1 atom stereocenters. The van der Waals surface area contributed by atoms with Gasteiger partial charge in [-0.3, -0.25) is 4.79 Å². The van der Waals surface area contributed by atoms with Crippen LogP contribution in [0, 0.1) is 0 Å². The molecule has 0 saturated carbocycles. The molecule has 18 heavy (non-hydrogen) atoms. The molecule has 1 aromatic rings. The van der Waals surface area contributed by atoms with Crippen molar-refractivity contribution in [1.82, 2.24) is 0 Å². The summed E-state index contributed by atoms with van der Waals surface area (Å²) in [5.41, 5.74) is 6.52. The van der Waals surface area contributed by atoms with E-state index in [-0.39, 0.29) is 12.4 Å². The van der Waals surface area contributed by atoms with E-state index < -0.39 is 12.0 Å². The Morgan fingerprint density at radius 1 is 1.44 bits per heavy atom. The lowest BCUT2D eigenvalue weighted by atomic mass is 10.2. The molecule has 0 bridgehead atoms. The number of benzene rings is 1. The van der Waals surface area contributed by atoms with Crippen LogP contribution in [0.1, 0.15) is 18.4 Å². The molecular formula is C12H17Cl2NO2S. The Bertz CT molecular complexity index is 377. The molecule has 0 amide bonds. The topological polar surface area (TPSA) is 63.3 Å². The second-order valence-corrected chi connectivity index (χ2v) is 5.24. The van der Waals surface area contributed by atoms with Gasteiger partial charge >= 0.3 is 5.97 Å². The van der Waals surface area contributed by atoms with Gasteiger partial charge in [0.1, 0.15) is 6.04 Å². The van der Waals surface area contributed by atoms with Crippen LogP contribution in [0.2, 0.25) is 5.02 Å². The van der Waals surface area contributed by atoms with Crippen LogP contribution in [0.5, 0.6) is 0 Å². The van der Waals surface area contributed by atoms with E-state index in [1.165, 1.54) is 0 Å². The number of carbonyl (C=O) groups is 1. The molecule has 0 aliphatic carbocycles. The van der Waals surface area contributed by atoms with Crippen LogP contribution in [0.25, 0.3) is 0 Å². The van der Waals surface area contributed by atoms with Gasteiger partial charge in [0.15, 0.2) is 0 Å². The highest BCUT2D eigenvalue weighted by atomic mass is 35.5. The maximum atomic E-state index is 10.5. The van der Waals surface area contributed by atoms with Gasteiger partial charge in [-0.2, -0.15) is 11.8 Å². The summed E-state index contributed by atoms with van der Waals surface area (Å²) in [6.45, 7) is 0. The van der Waals surface area contributed by atoms with Crippen LogP contribution >= 0.6 is 35.8 Å². The number of thioether (sulfide) groups is 1. The molecule has 1 rings (SSSR count). The van der Waals surface area contributed by atoms with Crippen molar-refractivity contribution in [1.29, 1.82) is 0 Å². The third-order valence-corrected chi connectivity index (χ3v) is 3.80. The lowest BCUT2D eigenvalue weighted by molar-refractivity contribution is -0.138. The van der Waals surface area contributed by atoms with Crippen LogP contribution in [0.4, 0.5) is 0 Å². The summed E-state index contributed by atoms with van der Waals surface area (Å²) in [7, 11) is 0. The average molecular weight is 310 g/mol. The lowest BCUT2D eigenvalue weighted by Crippen LogP contribution is -2.29. The van der Waals surface area contributed by atoms with Gasteiger partial charge in [0, 0.05) is 10.8 Å². The third-order valence-electron chi connectivity index (χ3n) is 2.34. The molecule has 1 unspecified atom stereocenters. The van der Waals surface area contributed by atoms with Gasteiger partial charge in [0.2, 0.25) is 0 Å². The number of nitrogens with two attached hydrogens (primary N) is 1. The Morgan fingerprint density at radius 3 is 2.72 bits per heavy atom. The molecule has 3 nitrogen and oxygen atoms in total. The first-order valence-corrected chi connectivity index (χ1v) is 6.94. The Kier molecular flexibility index (Phi) is 9.28. The maximum absolute atomic E-state index is 10.5. The van der Waals surface area contributed by atoms with Gasteiger partial charge in [0.25, 0.3) is 0 Å². The minimum absolute atomic E-state index is 0. The molecule has 0 fully saturated rings. The number of rotatable bonds is 7. The molecule has 1 aromatic carbocycles. The highest BCUT2D eigenvalue weighted by Gasteiger charge is 2.10. The Hall–Kier alpha value is -0.420. The Morgan fingerprint density at radius 2 is 2.11 bits per heavy atom. The summed E-state index contributed by atoms with van der Waals surface area (Å²) in [4.78, 5) is 10.5. The Labute approximate surface area is 122 Å². The lowest BCUT2D eigenvalue weighted by Gasteiger charge is -2.06. The standard InChI is InChI=1S/C12H16ClNO2S.ClH/c13-10-5-2-1-4-9(10)8-17-7-3-6-11(14)12(15)16;/h1-2,4-5,11H,3,6-8,14H2,(H,15,16);1H. The second-order valence-electron chi connectivity index (χ2n) is 3.73. The van der Waals surface area contributed by atoms with E-state index in [9.17, 15) is 4.79 Å². The van der Waals surface area contributed by atoms with Crippen molar-refractivity contribution in [3.63, 3.8) is 0 Å². The monoisotopic (exact) mass is 309 g/mol. The fourth-order valence-corrected chi connectivity index (χ4v) is 2.59. The molecule has 3 N–H and O–H groups in total. The fourth-order valence-electron chi connectivity index (χ4n) is 1.33. The maximum Gasteiger partial charge on any atom is 0.320 e. The molecule has 0 aromatic heterocycles. The van der Waals surface area contributed by atoms with E-state index in [2.05, 4.69) is 0 Å². The summed E-state index contributed by atoms with van der Waals surface area (Å²) < 4.78 is 0. The number of aliphatic carboxylic acids is 1. The summed E-state index contributed by atoms with van der Waals surface area (Å²) in [6.07, 6.45) is 1.33.